The second-order valence-corrected chi connectivity index (χ2v) is 5.37. The fourth-order valence-electron chi connectivity index (χ4n) is 2.04. The summed E-state index contributed by atoms with van der Waals surface area (Å²) in [6, 6.07) is 0. The normalized spacial score (nSPS) is 20.1. The monoisotopic (exact) mass is 316 g/mol. The first-order valence-electron chi connectivity index (χ1n) is 6.54. The summed E-state index contributed by atoms with van der Waals surface area (Å²) < 4.78 is 16.1. The zero-order valence-electron chi connectivity index (χ0n) is 11.6. The highest BCUT2D eigenvalue weighted by molar-refractivity contribution is 7.16. The molecule has 0 aliphatic carbocycles. The lowest BCUT2D eigenvalue weighted by molar-refractivity contribution is -0.0132. The Morgan fingerprint density at radius 3 is 2.33 bits per heavy atom. The molecule has 8 heteroatoms. The number of fused-ring (bicyclic) bond motifs is 1. The van der Waals surface area contributed by atoms with Crippen LogP contribution in [-0.2, 0) is 4.74 Å². The van der Waals surface area contributed by atoms with Crippen LogP contribution in [-0.4, -0.2) is 47.6 Å². The smallest absolute Gasteiger partial charge is 0.352 e. The number of carbonyl (C=O) groups excluding carboxylic acids is 1. The van der Waals surface area contributed by atoms with Crippen LogP contribution in [0.15, 0.2) is 0 Å². The van der Waals surface area contributed by atoms with Gasteiger partial charge in [0, 0.05) is 0 Å². The van der Waals surface area contributed by atoms with E-state index in [1.54, 1.807) is 6.92 Å². The molecule has 0 amide bonds. The van der Waals surface area contributed by atoms with Crippen LogP contribution >= 0.6 is 11.3 Å². The van der Waals surface area contributed by atoms with Crippen molar-refractivity contribution in [2.24, 2.45) is 0 Å². The van der Waals surface area contributed by atoms with Gasteiger partial charge in [0.15, 0.2) is 27.4 Å². The minimum absolute atomic E-state index is 0.0145. The fraction of sp³-hybridized carbons (Fsp3) is 0.538. The topological polar surface area (TPSA) is 102 Å². The summed E-state index contributed by atoms with van der Waals surface area (Å²) in [5, 5.41) is 18.5. The second-order valence-electron chi connectivity index (χ2n) is 4.35. The second kappa shape index (κ2) is 6.31. The molecule has 21 heavy (non-hydrogen) atoms. The van der Waals surface area contributed by atoms with Crippen LogP contribution in [0.2, 0.25) is 0 Å². The Hall–Kier alpha value is -1.80. The summed E-state index contributed by atoms with van der Waals surface area (Å²) in [4.78, 5) is 23.1. The number of carboxylic acid groups (broad SMARTS) is 1. The number of aromatic carboxylic acids is 1. The SMILES string of the molecule is CCOC(=O)c1sc(C(=O)O)c2c1OC(CC)C(CO)O2. The quantitative estimate of drug-likeness (QED) is 0.794. The van der Waals surface area contributed by atoms with Crippen molar-refractivity contribution in [3.8, 4) is 11.5 Å². The molecule has 1 aromatic rings. The molecule has 0 bridgehead atoms. The zero-order valence-corrected chi connectivity index (χ0v) is 12.4. The van der Waals surface area contributed by atoms with Crippen molar-refractivity contribution in [3.63, 3.8) is 0 Å². The lowest BCUT2D eigenvalue weighted by Gasteiger charge is -2.31. The van der Waals surface area contributed by atoms with Crippen molar-refractivity contribution >= 4 is 23.3 Å². The zero-order chi connectivity index (χ0) is 15.6. The molecule has 0 aromatic carbocycles. The molecule has 2 heterocycles. The van der Waals surface area contributed by atoms with Crippen LogP contribution < -0.4 is 9.47 Å². The van der Waals surface area contributed by atoms with Gasteiger partial charge in [-0.3, -0.25) is 0 Å². The van der Waals surface area contributed by atoms with Gasteiger partial charge in [0.1, 0.15) is 6.10 Å². The Labute approximate surface area is 125 Å². The average Bonchev–Trinajstić information content (AvgIpc) is 2.84. The molecule has 2 unspecified atom stereocenters. The van der Waals surface area contributed by atoms with E-state index in [2.05, 4.69) is 0 Å². The molecular weight excluding hydrogens is 300 g/mol. The Morgan fingerprint density at radius 1 is 1.19 bits per heavy atom. The first kappa shape index (κ1) is 15.6. The molecule has 1 aromatic heterocycles. The van der Waals surface area contributed by atoms with Gasteiger partial charge in [-0.15, -0.1) is 11.3 Å². The highest BCUT2D eigenvalue weighted by Crippen LogP contribution is 2.46. The molecule has 0 fully saturated rings. The largest absolute Gasteiger partial charge is 0.481 e. The van der Waals surface area contributed by atoms with Gasteiger partial charge < -0.3 is 24.4 Å². The third-order valence-corrected chi connectivity index (χ3v) is 4.13. The van der Waals surface area contributed by atoms with Crippen LogP contribution in [0.4, 0.5) is 0 Å². The number of carbonyl (C=O) groups is 2. The number of rotatable bonds is 5. The van der Waals surface area contributed by atoms with E-state index in [0.717, 1.165) is 11.3 Å². The Balaban J connectivity index is 2.48. The van der Waals surface area contributed by atoms with Crippen molar-refractivity contribution in [1.82, 2.24) is 0 Å². The van der Waals surface area contributed by atoms with Crippen LogP contribution in [0.3, 0.4) is 0 Å². The summed E-state index contributed by atoms with van der Waals surface area (Å²) in [7, 11) is 0. The van der Waals surface area contributed by atoms with Crippen molar-refractivity contribution < 1.29 is 34.0 Å². The van der Waals surface area contributed by atoms with E-state index in [-0.39, 0.29) is 34.5 Å². The van der Waals surface area contributed by atoms with Crippen molar-refractivity contribution in [1.29, 1.82) is 0 Å². The highest BCUT2D eigenvalue weighted by atomic mass is 32.1. The first-order valence-corrected chi connectivity index (χ1v) is 7.36. The van der Waals surface area contributed by atoms with E-state index in [9.17, 15) is 19.8 Å². The van der Waals surface area contributed by atoms with E-state index < -0.39 is 24.1 Å². The maximum absolute atomic E-state index is 11.9. The van der Waals surface area contributed by atoms with Crippen molar-refractivity contribution in [3.05, 3.63) is 9.75 Å². The Bertz CT molecular complexity index is 551. The van der Waals surface area contributed by atoms with E-state index in [1.165, 1.54) is 0 Å². The fourth-order valence-corrected chi connectivity index (χ4v) is 2.94. The molecule has 0 saturated heterocycles. The Morgan fingerprint density at radius 2 is 1.81 bits per heavy atom. The minimum Gasteiger partial charge on any atom is -0.481 e. The maximum atomic E-state index is 11.9. The Kier molecular flexibility index (Phi) is 4.69. The highest BCUT2D eigenvalue weighted by Gasteiger charge is 2.39. The summed E-state index contributed by atoms with van der Waals surface area (Å²) in [5.41, 5.74) is 0. The molecule has 7 nitrogen and oxygen atoms in total. The molecule has 2 rings (SSSR count). The third kappa shape index (κ3) is 2.81. The molecule has 1 aliphatic rings. The van der Waals surface area contributed by atoms with Gasteiger partial charge in [0.05, 0.1) is 13.2 Å². The van der Waals surface area contributed by atoms with Gasteiger partial charge in [0.2, 0.25) is 0 Å². The lowest BCUT2D eigenvalue weighted by atomic mass is 10.1. The average molecular weight is 316 g/mol. The number of ether oxygens (including phenoxy) is 3. The molecule has 2 N–H and O–H groups in total. The van der Waals surface area contributed by atoms with Crippen LogP contribution in [0.1, 0.15) is 39.6 Å². The molecule has 0 spiro atoms. The van der Waals surface area contributed by atoms with E-state index in [1.807, 2.05) is 6.92 Å². The summed E-state index contributed by atoms with van der Waals surface area (Å²) in [6.07, 6.45) is -0.567. The van der Waals surface area contributed by atoms with E-state index in [0.29, 0.717) is 6.42 Å². The summed E-state index contributed by atoms with van der Waals surface area (Å²) in [5.74, 6) is -1.79. The van der Waals surface area contributed by atoms with E-state index >= 15 is 0 Å². The van der Waals surface area contributed by atoms with E-state index in [4.69, 9.17) is 14.2 Å². The molecular formula is C13H16O7S. The van der Waals surface area contributed by atoms with Gasteiger partial charge in [-0.2, -0.15) is 0 Å². The molecule has 0 saturated carbocycles. The number of hydrogen-bond acceptors (Lipinski definition) is 7. The number of aliphatic hydroxyl groups is 1. The summed E-state index contributed by atoms with van der Waals surface area (Å²) >= 11 is 0.751. The molecule has 0 radical (unpaired) electrons. The number of aliphatic hydroxyl groups excluding tert-OH is 1. The number of carboxylic acids is 1. The summed E-state index contributed by atoms with van der Waals surface area (Å²) in [6.45, 7) is 3.37. The van der Waals surface area contributed by atoms with Gasteiger partial charge in [0.25, 0.3) is 0 Å². The molecule has 1 aliphatic heterocycles. The predicted octanol–water partition coefficient (Wildman–Crippen LogP) is 1.53. The minimum atomic E-state index is -1.22. The van der Waals surface area contributed by atoms with Crippen LogP contribution in [0.5, 0.6) is 11.5 Å². The lowest BCUT2D eigenvalue weighted by Crippen LogP contribution is -2.42. The van der Waals surface area contributed by atoms with Crippen molar-refractivity contribution in [2.45, 2.75) is 32.5 Å². The van der Waals surface area contributed by atoms with Crippen molar-refractivity contribution in [2.75, 3.05) is 13.2 Å². The predicted molar refractivity (Wildman–Crippen MR) is 73.4 cm³/mol. The van der Waals surface area contributed by atoms with Gasteiger partial charge in [-0.25, -0.2) is 9.59 Å². The van der Waals surface area contributed by atoms with Gasteiger partial charge in [-0.1, -0.05) is 6.92 Å². The first-order chi connectivity index (χ1) is 10.0. The standard InChI is InChI=1S/C13H16O7S/c1-3-6-7(5-14)20-8-9(19-6)11(13(17)18-4-2)21-10(8)12(15)16/h6-7,14H,3-5H2,1-2H3,(H,15,16). The maximum Gasteiger partial charge on any atom is 0.352 e. The number of thiophene rings is 1. The van der Waals surface area contributed by atoms with Gasteiger partial charge >= 0.3 is 11.9 Å². The van der Waals surface area contributed by atoms with Crippen LogP contribution in [0, 0.1) is 0 Å². The molecule has 116 valence electrons. The number of esters is 1. The third-order valence-electron chi connectivity index (χ3n) is 3.01. The van der Waals surface area contributed by atoms with Gasteiger partial charge in [-0.05, 0) is 13.3 Å². The number of hydrogen-bond donors (Lipinski definition) is 2. The molecule has 2 atom stereocenters. The van der Waals surface area contributed by atoms with Crippen LogP contribution in [0.25, 0.3) is 0 Å².